The molecule has 0 spiro atoms. The molecule has 0 bridgehead atoms. The van der Waals surface area contributed by atoms with Gasteiger partial charge >= 0.3 is 0 Å². The van der Waals surface area contributed by atoms with Gasteiger partial charge in [0.25, 0.3) is 0 Å². The van der Waals surface area contributed by atoms with Crippen molar-refractivity contribution in [1.29, 1.82) is 0 Å². The third-order valence-electron chi connectivity index (χ3n) is 2.26. The molecule has 1 atom stereocenters. The minimum atomic E-state index is -0.543. The molecule has 0 amide bonds. The average molecular weight is 296 g/mol. The van der Waals surface area contributed by atoms with Crippen LogP contribution >= 0.6 is 15.9 Å². The van der Waals surface area contributed by atoms with Crippen LogP contribution in [0.3, 0.4) is 0 Å². The number of methoxy groups -OCH3 is 1. The number of aromatic nitrogens is 3. The number of hydrogen-bond acceptors (Lipinski definition) is 4. The Morgan fingerprint density at radius 3 is 2.65 bits per heavy atom. The number of alkyl halides is 1. The van der Waals surface area contributed by atoms with Gasteiger partial charge < -0.3 is 4.74 Å². The highest BCUT2D eigenvalue weighted by atomic mass is 79.9. The molecule has 0 aliphatic heterocycles. The largest absolute Gasteiger partial charge is 0.497 e. The first-order valence-electron chi connectivity index (χ1n) is 4.89. The summed E-state index contributed by atoms with van der Waals surface area (Å²) in [4.78, 5) is 15.3. The van der Waals surface area contributed by atoms with Crippen LogP contribution in [-0.4, -0.2) is 27.7 Å². The molecule has 2 rings (SSSR count). The SMILES string of the molecule is COc1ccc(C(=O)C(Br)n2cncn2)cc1. The number of ether oxygens (including phenoxy) is 1. The Labute approximate surface area is 107 Å². The van der Waals surface area contributed by atoms with Crippen molar-refractivity contribution in [2.75, 3.05) is 7.11 Å². The van der Waals surface area contributed by atoms with Crippen molar-refractivity contribution in [3.8, 4) is 5.75 Å². The molecule has 2 aromatic rings. The molecule has 17 heavy (non-hydrogen) atoms. The van der Waals surface area contributed by atoms with Crippen molar-refractivity contribution in [2.45, 2.75) is 4.95 Å². The van der Waals surface area contributed by atoms with E-state index < -0.39 is 4.95 Å². The van der Waals surface area contributed by atoms with Crippen molar-refractivity contribution >= 4 is 21.7 Å². The first-order valence-corrected chi connectivity index (χ1v) is 5.80. The fraction of sp³-hybridized carbons (Fsp3) is 0.182. The quantitative estimate of drug-likeness (QED) is 0.640. The molecule has 0 N–H and O–H groups in total. The molecule has 0 saturated heterocycles. The third kappa shape index (κ3) is 2.52. The van der Waals surface area contributed by atoms with Gasteiger partial charge in [-0.25, -0.2) is 9.67 Å². The summed E-state index contributed by atoms with van der Waals surface area (Å²) >= 11 is 3.28. The standard InChI is InChI=1S/C11H10BrN3O2/c1-17-9-4-2-8(3-5-9)10(16)11(12)15-7-13-6-14-15/h2-7,11H,1H3. The fourth-order valence-corrected chi connectivity index (χ4v) is 1.82. The van der Waals surface area contributed by atoms with E-state index in [1.165, 1.54) is 17.3 Å². The Morgan fingerprint density at radius 2 is 2.12 bits per heavy atom. The van der Waals surface area contributed by atoms with Gasteiger partial charge in [-0.15, -0.1) is 0 Å². The summed E-state index contributed by atoms with van der Waals surface area (Å²) in [6, 6.07) is 6.92. The lowest BCUT2D eigenvalue weighted by molar-refractivity contribution is 0.0965. The molecule has 1 aromatic heterocycles. The van der Waals surface area contributed by atoms with Crippen molar-refractivity contribution in [3.63, 3.8) is 0 Å². The Balaban J connectivity index is 2.19. The zero-order valence-corrected chi connectivity index (χ0v) is 10.7. The molecule has 6 heteroatoms. The van der Waals surface area contributed by atoms with Crippen LogP contribution in [0.15, 0.2) is 36.9 Å². The Kier molecular flexibility index (Phi) is 3.53. The maximum atomic E-state index is 12.1. The summed E-state index contributed by atoms with van der Waals surface area (Å²) in [6.45, 7) is 0. The van der Waals surface area contributed by atoms with Gasteiger partial charge in [0.2, 0.25) is 0 Å². The first-order chi connectivity index (χ1) is 8.22. The summed E-state index contributed by atoms with van der Waals surface area (Å²) in [5, 5.41) is 3.91. The second-order valence-corrected chi connectivity index (χ2v) is 4.17. The zero-order valence-electron chi connectivity index (χ0n) is 9.08. The van der Waals surface area contributed by atoms with Crippen LogP contribution in [0.1, 0.15) is 15.3 Å². The third-order valence-corrected chi connectivity index (χ3v) is 3.10. The molecule has 1 heterocycles. The van der Waals surface area contributed by atoms with E-state index >= 15 is 0 Å². The molecule has 0 saturated carbocycles. The fourth-order valence-electron chi connectivity index (χ4n) is 1.35. The van der Waals surface area contributed by atoms with Gasteiger partial charge in [0.15, 0.2) is 10.7 Å². The van der Waals surface area contributed by atoms with Gasteiger partial charge in [0.05, 0.1) is 7.11 Å². The van der Waals surface area contributed by atoms with E-state index in [1.807, 2.05) is 0 Å². The van der Waals surface area contributed by atoms with Crippen LogP contribution in [0.5, 0.6) is 5.75 Å². The maximum Gasteiger partial charge on any atom is 0.198 e. The highest BCUT2D eigenvalue weighted by molar-refractivity contribution is 9.09. The smallest absolute Gasteiger partial charge is 0.198 e. The lowest BCUT2D eigenvalue weighted by Gasteiger charge is -2.08. The number of rotatable bonds is 4. The molecule has 0 fully saturated rings. The number of nitrogens with zero attached hydrogens (tertiary/aromatic N) is 3. The van der Waals surface area contributed by atoms with Gasteiger partial charge in [-0.3, -0.25) is 4.79 Å². The van der Waals surface area contributed by atoms with Crippen LogP contribution in [-0.2, 0) is 0 Å². The number of halogens is 1. The van der Waals surface area contributed by atoms with E-state index in [2.05, 4.69) is 26.0 Å². The number of Topliss-reactive ketones (excluding diaryl/α,β-unsaturated/α-hetero) is 1. The van der Waals surface area contributed by atoms with Crippen LogP contribution in [0.25, 0.3) is 0 Å². The first kappa shape index (κ1) is 11.8. The summed E-state index contributed by atoms with van der Waals surface area (Å²) in [5.74, 6) is 0.631. The van der Waals surface area contributed by atoms with Gasteiger partial charge in [0, 0.05) is 5.56 Å². The topological polar surface area (TPSA) is 57.0 Å². The van der Waals surface area contributed by atoms with E-state index in [0.29, 0.717) is 11.3 Å². The van der Waals surface area contributed by atoms with Gasteiger partial charge in [-0.2, -0.15) is 5.10 Å². The number of carbonyl (C=O) groups excluding carboxylic acids is 1. The van der Waals surface area contributed by atoms with Crippen molar-refractivity contribution in [2.24, 2.45) is 0 Å². The average Bonchev–Trinajstić information content (AvgIpc) is 2.91. The second kappa shape index (κ2) is 5.09. The minimum Gasteiger partial charge on any atom is -0.497 e. The van der Waals surface area contributed by atoms with E-state index in [0.717, 1.165) is 0 Å². The number of ketones is 1. The molecule has 5 nitrogen and oxygen atoms in total. The monoisotopic (exact) mass is 295 g/mol. The van der Waals surface area contributed by atoms with Gasteiger partial charge in [-0.1, -0.05) is 15.9 Å². The van der Waals surface area contributed by atoms with Gasteiger partial charge in [-0.05, 0) is 24.3 Å². The van der Waals surface area contributed by atoms with Crippen molar-refractivity contribution in [3.05, 3.63) is 42.5 Å². The lowest BCUT2D eigenvalue weighted by Crippen LogP contribution is -2.14. The lowest BCUT2D eigenvalue weighted by atomic mass is 10.1. The summed E-state index contributed by atoms with van der Waals surface area (Å²) in [6.07, 6.45) is 2.87. The van der Waals surface area contributed by atoms with E-state index in [-0.39, 0.29) is 5.78 Å². The van der Waals surface area contributed by atoms with Crippen LogP contribution in [0, 0.1) is 0 Å². The predicted octanol–water partition coefficient (Wildman–Crippen LogP) is 2.06. The van der Waals surface area contributed by atoms with Crippen LogP contribution < -0.4 is 4.74 Å². The Bertz CT molecular complexity index is 496. The molecule has 88 valence electrons. The molecule has 0 aliphatic carbocycles. The van der Waals surface area contributed by atoms with Crippen molar-refractivity contribution < 1.29 is 9.53 Å². The van der Waals surface area contributed by atoms with Gasteiger partial charge in [0.1, 0.15) is 18.4 Å². The Hall–Kier alpha value is -1.69. The number of carbonyl (C=O) groups is 1. The Morgan fingerprint density at radius 1 is 1.41 bits per heavy atom. The molecule has 0 aliphatic rings. The number of hydrogen-bond donors (Lipinski definition) is 0. The summed E-state index contributed by atoms with van der Waals surface area (Å²) < 4.78 is 6.48. The van der Waals surface area contributed by atoms with E-state index in [9.17, 15) is 4.79 Å². The highest BCUT2D eigenvalue weighted by Gasteiger charge is 2.19. The van der Waals surface area contributed by atoms with E-state index in [4.69, 9.17) is 4.74 Å². The number of benzene rings is 1. The van der Waals surface area contributed by atoms with Crippen LogP contribution in [0.4, 0.5) is 0 Å². The maximum absolute atomic E-state index is 12.1. The predicted molar refractivity (Wildman–Crippen MR) is 65.3 cm³/mol. The van der Waals surface area contributed by atoms with E-state index in [1.54, 1.807) is 31.4 Å². The summed E-state index contributed by atoms with van der Waals surface area (Å²) in [5.41, 5.74) is 0.586. The molecule has 1 unspecified atom stereocenters. The van der Waals surface area contributed by atoms with Crippen LogP contribution in [0.2, 0.25) is 0 Å². The molecule has 1 aromatic carbocycles. The molecule has 0 radical (unpaired) electrons. The highest BCUT2D eigenvalue weighted by Crippen LogP contribution is 2.21. The second-order valence-electron chi connectivity index (χ2n) is 3.30. The minimum absolute atomic E-state index is 0.0850. The summed E-state index contributed by atoms with van der Waals surface area (Å²) in [7, 11) is 1.58. The van der Waals surface area contributed by atoms with Crippen molar-refractivity contribution in [1.82, 2.24) is 14.8 Å². The molecular weight excluding hydrogens is 286 g/mol. The normalized spacial score (nSPS) is 12.1. The zero-order chi connectivity index (χ0) is 12.3. The molecular formula is C11H10BrN3O2.